The Kier molecular flexibility index (Phi) is 9.40. The Morgan fingerprint density at radius 1 is 0.980 bits per heavy atom. The van der Waals surface area contributed by atoms with Gasteiger partial charge in [-0.2, -0.15) is 4.98 Å². The topological polar surface area (TPSA) is 172 Å². The smallest absolute Gasteiger partial charge is 0.296 e. The molecule has 0 bridgehead atoms. The Bertz CT molecular complexity index is 1850. The molecule has 1 aliphatic carbocycles. The van der Waals surface area contributed by atoms with Crippen LogP contribution in [0.15, 0.2) is 65.1 Å². The second-order valence-corrected chi connectivity index (χ2v) is 14.7. The van der Waals surface area contributed by atoms with E-state index in [2.05, 4.69) is 26.3 Å². The van der Waals surface area contributed by atoms with Crippen LogP contribution in [0.5, 0.6) is 0 Å². The normalized spacial score (nSPS) is 25.4. The zero-order valence-corrected chi connectivity index (χ0v) is 28.9. The molecule has 13 heteroatoms. The van der Waals surface area contributed by atoms with Gasteiger partial charge in [-0.15, -0.1) is 0 Å². The number of anilines is 3. The monoisotopic (exact) mass is 696 g/mol. The number of nitrogens with zero attached hydrogens (tertiary/aromatic N) is 2. The van der Waals surface area contributed by atoms with Gasteiger partial charge in [0.1, 0.15) is 17.6 Å². The number of ketones is 1. The van der Waals surface area contributed by atoms with Gasteiger partial charge in [-0.05, 0) is 62.3 Å². The van der Waals surface area contributed by atoms with Crippen LogP contribution in [0.4, 0.5) is 17.4 Å². The van der Waals surface area contributed by atoms with E-state index in [0.29, 0.717) is 61.5 Å². The number of nitrogens with one attached hydrogen (secondary N) is 4. The van der Waals surface area contributed by atoms with Crippen molar-refractivity contribution < 1.29 is 33.1 Å². The third kappa shape index (κ3) is 6.74. The van der Waals surface area contributed by atoms with E-state index in [1.165, 1.54) is 0 Å². The number of aromatic nitrogens is 1. The Balaban J connectivity index is 1.10. The fraction of sp³-hybridized carbons (Fsp3) is 0.474. The third-order valence-corrected chi connectivity index (χ3v) is 10.9. The fourth-order valence-corrected chi connectivity index (χ4v) is 7.86. The van der Waals surface area contributed by atoms with Gasteiger partial charge in [0, 0.05) is 30.3 Å². The summed E-state index contributed by atoms with van der Waals surface area (Å²) in [6, 6.07) is 12.5. The Labute approximate surface area is 295 Å². The predicted molar refractivity (Wildman–Crippen MR) is 189 cm³/mol. The molecule has 1 aromatic heterocycles. The summed E-state index contributed by atoms with van der Waals surface area (Å²) in [7, 11) is 0. The number of fused-ring (bicyclic) bond motifs is 3. The molecule has 3 fully saturated rings. The summed E-state index contributed by atoms with van der Waals surface area (Å²) in [5.41, 5.74) is 1.27. The van der Waals surface area contributed by atoms with Gasteiger partial charge in [-0.25, -0.2) is 0 Å². The first-order valence-corrected chi connectivity index (χ1v) is 17.8. The number of carbonyl (C=O) groups excluding carboxylic acids is 5. The number of carbonyl (C=O) groups is 5. The van der Waals surface area contributed by atoms with Crippen molar-refractivity contribution in [1.29, 1.82) is 0 Å². The van der Waals surface area contributed by atoms with Gasteiger partial charge in [0.25, 0.3) is 11.9 Å². The van der Waals surface area contributed by atoms with Crippen LogP contribution in [-0.4, -0.2) is 77.7 Å². The lowest BCUT2D eigenvalue weighted by Gasteiger charge is -2.33. The van der Waals surface area contributed by atoms with E-state index in [0.717, 1.165) is 12.8 Å². The quantitative estimate of drug-likeness (QED) is 0.217. The van der Waals surface area contributed by atoms with Crippen LogP contribution in [0.3, 0.4) is 0 Å². The van der Waals surface area contributed by atoms with Gasteiger partial charge in [-0.3, -0.25) is 24.0 Å². The summed E-state index contributed by atoms with van der Waals surface area (Å²) in [5.74, 6) is -3.13. The summed E-state index contributed by atoms with van der Waals surface area (Å²) in [6.45, 7) is 5.46. The van der Waals surface area contributed by atoms with Crippen molar-refractivity contribution >= 4 is 57.9 Å². The molecule has 3 aliphatic heterocycles. The molecule has 4 N–H and O–H groups in total. The van der Waals surface area contributed by atoms with Crippen LogP contribution in [-0.2, 0) is 28.7 Å². The highest BCUT2D eigenvalue weighted by molar-refractivity contribution is 6.43. The van der Waals surface area contributed by atoms with Gasteiger partial charge in [0.05, 0.1) is 30.5 Å². The molecule has 4 heterocycles. The lowest BCUT2D eigenvalue weighted by Crippen LogP contribution is -2.50. The standard InChI is InChI=1S/C38H44N6O7/c1-23(2)31(43-36-42-27-14-10-11-16-29(27)51-36)35(49)44-18-24(38(20-44)19-37(38)21-50-22-37)33(47)41-28-15-6-4-3-5-7-17-30(45)39-25-12-8-9-13-26(25)40-34(48)32(28)46/h4,6,8-14,16,23-24,28,31H,3,5,7,15,17-22H2,1-2H3,(H,39,45)(H,40,48)(H,41,47)(H,42,43)/t24-,28-,31?,38?/m1/s1. The minimum Gasteiger partial charge on any atom is -0.424 e. The summed E-state index contributed by atoms with van der Waals surface area (Å²) in [5, 5.41) is 11.6. The molecule has 268 valence electrons. The summed E-state index contributed by atoms with van der Waals surface area (Å²) >= 11 is 0. The van der Waals surface area contributed by atoms with Crippen LogP contribution in [0, 0.1) is 22.7 Å². The molecule has 3 aromatic rings. The van der Waals surface area contributed by atoms with Crippen molar-refractivity contribution in [3.05, 3.63) is 60.7 Å². The van der Waals surface area contributed by atoms with Gasteiger partial charge in [0.15, 0.2) is 5.58 Å². The van der Waals surface area contributed by atoms with E-state index in [1.54, 1.807) is 35.2 Å². The van der Waals surface area contributed by atoms with Crippen molar-refractivity contribution in [2.75, 3.05) is 42.3 Å². The summed E-state index contributed by atoms with van der Waals surface area (Å²) in [4.78, 5) is 74.3. The number of oxazole rings is 1. The minimum atomic E-state index is -1.13. The SMILES string of the molecule is CC(C)C(Nc1nc2ccccc2o1)C(=O)N1C[C@H](C(=O)N[C@@H]2CC=CCCCCC(=O)Nc3ccccc3NC(=O)C2=O)C2(C1)CC21COC1. The first-order chi connectivity index (χ1) is 24.6. The van der Waals surface area contributed by atoms with Crippen molar-refractivity contribution in [1.82, 2.24) is 15.2 Å². The van der Waals surface area contributed by atoms with E-state index in [1.807, 2.05) is 44.2 Å². The molecule has 13 nitrogen and oxygen atoms in total. The first kappa shape index (κ1) is 34.4. The number of amides is 4. The number of allylic oxidation sites excluding steroid dienone is 1. The molecule has 7 rings (SSSR count). The van der Waals surface area contributed by atoms with E-state index in [-0.39, 0.29) is 48.0 Å². The number of ether oxygens (including phenoxy) is 1. The van der Waals surface area contributed by atoms with Crippen LogP contribution >= 0.6 is 0 Å². The molecule has 4 amide bonds. The number of rotatable bonds is 6. The number of hydrogen-bond donors (Lipinski definition) is 4. The van der Waals surface area contributed by atoms with Crippen LogP contribution in [0.25, 0.3) is 11.1 Å². The lowest BCUT2D eigenvalue weighted by molar-refractivity contribution is -0.138. The average Bonchev–Trinajstić information content (AvgIpc) is 3.37. The Morgan fingerprint density at radius 3 is 2.43 bits per heavy atom. The lowest BCUT2D eigenvalue weighted by atomic mass is 9.82. The average molecular weight is 697 g/mol. The zero-order valence-electron chi connectivity index (χ0n) is 28.9. The maximum absolute atomic E-state index is 14.3. The molecule has 2 aromatic carbocycles. The maximum atomic E-state index is 14.3. The molecule has 51 heavy (non-hydrogen) atoms. The molecular weight excluding hydrogens is 652 g/mol. The Morgan fingerprint density at radius 2 is 1.73 bits per heavy atom. The van der Waals surface area contributed by atoms with E-state index >= 15 is 0 Å². The molecule has 1 saturated carbocycles. The summed E-state index contributed by atoms with van der Waals surface area (Å²) < 4.78 is 11.5. The highest BCUT2D eigenvalue weighted by atomic mass is 16.5. The number of likely N-dealkylation sites (tertiary alicyclic amines) is 1. The molecule has 2 saturated heterocycles. The molecule has 0 radical (unpaired) electrons. The highest BCUT2D eigenvalue weighted by Gasteiger charge is 2.77. The van der Waals surface area contributed by atoms with Crippen LogP contribution in [0.1, 0.15) is 52.4 Å². The van der Waals surface area contributed by atoms with Crippen molar-refractivity contribution in [2.24, 2.45) is 22.7 Å². The second-order valence-electron chi connectivity index (χ2n) is 14.7. The van der Waals surface area contributed by atoms with E-state index in [4.69, 9.17) is 9.15 Å². The predicted octanol–water partition coefficient (Wildman–Crippen LogP) is 4.28. The molecular formula is C38H44N6O7. The van der Waals surface area contributed by atoms with Crippen molar-refractivity contribution in [3.8, 4) is 0 Å². The van der Waals surface area contributed by atoms with Crippen LogP contribution < -0.4 is 21.3 Å². The van der Waals surface area contributed by atoms with Crippen molar-refractivity contribution in [3.63, 3.8) is 0 Å². The highest BCUT2D eigenvalue weighted by Crippen LogP contribution is 2.73. The number of benzene rings is 2. The number of hydrogen-bond acceptors (Lipinski definition) is 9. The molecule has 4 atom stereocenters. The molecule has 4 aliphatic rings. The van der Waals surface area contributed by atoms with E-state index < -0.39 is 35.1 Å². The Hall–Kier alpha value is -5.04. The number of Topliss-reactive ketones (excluding diaryl/α,β-unsaturated/α-hetero) is 1. The van der Waals surface area contributed by atoms with Gasteiger partial charge < -0.3 is 35.3 Å². The number of para-hydroxylation sites is 4. The van der Waals surface area contributed by atoms with E-state index in [9.17, 15) is 24.0 Å². The van der Waals surface area contributed by atoms with Crippen molar-refractivity contribution in [2.45, 2.75) is 64.5 Å². The summed E-state index contributed by atoms with van der Waals surface area (Å²) in [6.07, 6.45) is 7.02. The third-order valence-electron chi connectivity index (χ3n) is 10.9. The maximum Gasteiger partial charge on any atom is 0.296 e. The fourth-order valence-electron chi connectivity index (χ4n) is 7.86. The van der Waals surface area contributed by atoms with Gasteiger partial charge in [0.2, 0.25) is 23.5 Å². The van der Waals surface area contributed by atoms with Crippen LogP contribution in [0.2, 0.25) is 0 Å². The van der Waals surface area contributed by atoms with Gasteiger partial charge in [-0.1, -0.05) is 50.3 Å². The van der Waals surface area contributed by atoms with Gasteiger partial charge >= 0.3 is 0 Å². The second kappa shape index (κ2) is 13.9. The minimum absolute atomic E-state index is 0.119. The molecule has 2 spiro atoms. The first-order valence-electron chi connectivity index (χ1n) is 17.8. The zero-order chi connectivity index (χ0) is 35.8. The largest absolute Gasteiger partial charge is 0.424 e. The molecule has 2 unspecified atom stereocenters.